The van der Waals surface area contributed by atoms with Crippen LogP contribution in [-0.4, -0.2) is 9.97 Å². The molecule has 0 saturated carbocycles. The van der Waals surface area contributed by atoms with E-state index in [1.807, 2.05) is 24.4 Å². The average Bonchev–Trinajstić information content (AvgIpc) is 2.68. The second-order valence-electron chi connectivity index (χ2n) is 3.15. The zero-order valence-corrected chi connectivity index (χ0v) is 9.08. The summed E-state index contributed by atoms with van der Waals surface area (Å²) in [5, 5.41) is 11.3. The van der Waals surface area contributed by atoms with Crippen LogP contribution in [0.4, 0.5) is 0 Å². The highest BCUT2D eigenvalue weighted by molar-refractivity contribution is 7.13. The third kappa shape index (κ3) is 2.03. The summed E-state index contributed by atoms with van der Waals surface area (Å²) in [5.74, 6) is 0. The molecule has 0 aliphatic heterocycles. The molecule has 3 nitrogen and oxygen atoms in total. The van der Waals surface area contributed by atoms with E-state index >= 15 is 0 Å². The second-order valence-corrected chi connectivity index (χ2v) is 4.01. The van der Waals surface area contributed by atoms with Gasteiger partial charge in [0, 0.05) is 11.6 Å². The summed E-state index contributed by atoms with van der Waals surface area (Å²) < 4.78 is 0. The van der Waals surface area contributed by atoms with Gasteiger partial charge in [-0.15, -0.1) is 11.3 Å². The summed E-state index contributed by atoms with van der Waals surface area (Å²) in [6.45, 7) is 2.01. The molecule has 0 unspecified atom stereocenters. The van der Waals surface area contributed by atoms with E-state index in [1.165, 1.54) is 11.3 Å². The first-order valence-corrected chi connectivity index (χ1v) is 5.42. The van der Waals surface area contributed by atoms with E-state index in [0.29, 0.717) is 6.42 Å². The summed E-state index contributed by atoms with van der Waals surface area (Å²) in [7, 11) is 0. The van der Waals surface area contributed by atoms with Crippen molar-refractivity contribution in [3.05, 3.63) is 35.0 Å². The predicted molar refractivity (Wildman–Crippen MR) is 59.4 cm³/mol. The quantitative estimate of drug-likeness (QED) is 0.773. The molecular formula is C11H9N3S. The Morgan fingerprint density at radius 2 is 2.40 bits per heavy atom. The van der Waals surface area contributed by atoms with Crippen LogP contribution in [0.15, 0.2) is 23.7 Å². The topological polar surface area (TPSA) is 49.6 Å². The number of aryl methyl sites for hydroxylation is 1. The molecule has 74 valence electrons. The molecule has 0 atom stereocenters. The Morgan fingerprint density at radius 3 is 3.13 bits per heavy atom. The van der Waals surface area contributed by atoms with E-state index in [2.05, 4.69) is 16.0 Å². The molecule has 4 heteroatoms. The third-order valence-electron chi connectivity index (χ3n) is 2.02. The van der Waals surface area contributed by atoms with Gasteiger partial charge in [0.05, 0.1) is 18.2 Å². The molecule has 0 N–H and O–H groups in total. The molecule has 2 heterocycles. The Morgan fingerprint density at radius 1 is 1.53 bits per heavy atom. The first-order chi connectivity index (χ1) is 7.31. The summed E-state index contributed by atoms with van der Waals surface area (Å²) in [6.07, 6.45) is 2.12. The molecule has 0 bridgehead atoms. The molecule has 0 aliphatic rings. The molecular weight excluding hydrogens is 206 g/mol. The SMILES string of the molecule is Cc1cccnc1-c1nc(CC#N)cs1. The molecule has 2 aromatic rings. The van der Waals surface area contributed by atoms with E-state index in [0.717, 1.165) is 22.0 Å². The highest BCUT2D eigenvalue weighted by Gasteiger charge is 2.07. The largest absolute Gasteiger partial charge is 0.253 e. The van der Waals surface area contributed by atoms with E-state index in [9.17, 15) is 0 Å². The van der Waals surface area contributed by atoms with Crippen molar-refractivity contribution in [2.75, 3.05) is 0 Å². The van der Waals surface area contributed by atoms with Crippen LogP contribution >= 0.6 is 11.3 Å². The van der Waals surface area contributed by atoms with Crippen LogP contribution in [0.5, 0.6) is 0 Å². The highest BCUT2D eigenvalue weighted by atomic mass is 32.1. The fourth-order valence-corrected chi connectivity index (χ4v) is 2.17. The van der Waals surface area contributed by atoms with E-state index in [-0.39, 0.29) is 0 Å². The Kier molecular flexibility index (Phi) is 2.75. The van der Waals surface area contributed by atoms with Crippen LogP contribution in [0, 0.1) is 18.3 Å². The second kappa shape index (κ2) is 4.20. The van der Waals surface area contributed by atoms with Crippen molar-refractivity contribution in [3.8, 4) is 16.8 Å². The van der Waals surface area contributed by atoms with Crippen molar-refractivity contribution >= 4 is 11.3 Å². The number of hydrogen-bond donors (Lipinski definition) is 0. The lowest BCUT2D eigenvalue weighted by Gasteiger charge is -1.98. The van der Waals surface area contributed by atoms with Crippen molar-refractivity contribution in [3.63, 3.8) is 0 Å². The Bertz CT molecular complexity index is 511. The van der Waals surface area contributed by atoms with Gasteiger partial charge in [-0.3, -0.25) is 4.98 Å². The van der Waals surface area contributed by atoms with E-state index in [1.54, 1.807) is 6.20 Å². The van der Waals surface area contributed by atoms with Crippen LogP contribution < -0.4 is 0 Å². The van der Waals surface area contributed by atoms with Crippen molar-refractivity contribution in [1.29, 1.82) is 5.26 Å². The maximum absolute atomic E-state index is 8.55. The van der Waals surface area contributed by atoms with Gasteiger partial charge in [0.25, 0.3) is 0 Å². The van der Waals surface area contributed by atoms with Gasteiger partial charge < -0.3 is 0 Å². The van der Waals surface area contributed by atoms with Crippen LogP contribution in [0.1, 0.15) is 11.3 Å². The summed E-state index contributed by atoms with van der Waals surface area (Å²) in [5.41, 5.74) is 2.84. The Balaban J connectivity index is 2.38. The molecule has 0 saturated heterocycles. The Labute approximate surface area is 92.1 Å². The molecule has 0 aromatic carbocycles. The number of nitriles is 1. The van der Waals surface area contributed by atoms with Crippen LogP contribution in [0.25, 0.3) is 10.7 Å². The zero-order valence-electron chi connectivity index (χ0n) is 8.27. The third-order valence-corrected chi connectivity index (χ3v) is 2.92. The van der Waals surface area contributed by atoms with Gasteiger partial charge >= 0.3 is 0 Å². The van der Waals surface area contributed by atoms with Gasteiger partial charge in [0.2, 0.25) is 0 Å². The van der Waals surface area contributed by atoms with E-state index in [4.69, 9.17) is 5.26 Å². The first kappa shape index (κ1) is 9.81. The smallest absolute Gasteiger partial charge is 0.142 e. The minimum Gasteiger partial charge on any atom is -0.253 e. The summed E-state index contributed by atoms with van der Waals surface area (Å²) in [4.78, 5) is 8.65. The minimum atomic E-state index is 0.363. The summed E-state index contributed by atoms with van der Waals surface area (Å²) in [6, 6.07) is 6.00. The van der Waals surface area contributed by atoms with Gasteiger partial charge in [0.15, 0.2) is 0 Å². The maximum atomic E-state index is 8.55. The van der Waals surface area contributed by atoms with Crippen LogP contribution in [-0.2, 0) is 6.42 Å². The monoisotopic (exact) mass is 215 g/mol. The van der Waals surface area contributed by atoms with Gasteiger partial charge in [0.1, 0.15) is 10.7 Å². The molecule has 0 spiro atoms. The van der Waals surface area contributed by atoms with Gasteiger partial charge in [-0.1, -0.05) is 6.07 Å². The first-order valence-electron chi connectivity index (χ1n) is 4.54. The number of rotatable bonds is 2. The van der Waals surface area contributed by atoms with E-state index < -0.39 is 0 Å². The number of hydrogen-bond acceptors (Lipinski definition) is 4. The van der Waals surface area contributed by atoms with Gasteiger partial charge in [-0.2, -0.15) is 5.26 Å². The molecule has 2 rings (SSSR count). The lowest BCUT2D eigenvalue weighted by Crippen LogP contribution is -1.87. The van der Waals surface area contributed by atoms with Gasteiger partial charge in [-0.05, 0) is 18.6 Å². The average molecular weight is 215 g/mol. The summed E-state index contributed by atoms with van der Waals surface area (Å²) >= 11 is 1.53. The van der Waals surface area contributed by atoms with Crippen LogP contribution in [0.2, 0.25) is 0 Å². The maximum Gasteiger partial charge on any atom is 0.142 e. The van der Waals surface area contributed by atoms with Gasteiger partial charge in [-0.25, -0.2) is 4.98 Å². The van der Waals surface area contributed by atoms with Crippen molar-refractivity contribution in [2.24, 2.45) is 0 Å². The van der Waals surface area contributed by atoms with Crippen molar-refractivity contribution < 1.29 is 0 Å². The normalized spacial score (nSPS) is 9.87. The number of pyridine rings is 1. The molecule has 15 heavy (non-hydrogen) atoms. The molecule has 0 fully saturated rings. The number of thiazole rings is 1. The minimum absolute atomic E-state index is 0.363. The fourth-order valence-electron chi connectivity index (χ4n) is 1.29. The molecule has 0 aliphatic carbocycles. The Hall–Kier alpha value is -1.73. The highest BCUT2D eigenvalue weighted by Crippen LogP contribution is 2.24. The predicted octanol–water partition coefficient (Wildman–Crippen LogP) is 2.58. The number of aromatic nitrogens is 2. The molecule has 2 aromatic heterocycles. The van der Waals surface area contributed by atoms with Crippen molar-refractivity contribution in [1.82, 2.24) is 9.97 Å². The van der Waals surface area contributed by atoms with Crippen LogP contribution in [0.3, 0.4) is 0 Å². The fraction of sp³-hybridized carbons (Fsp3) is 0.182. The van der Waals surface area contributed by atoms with Crippen molar-refractivity contribution in [2.45, 2.75) is 13.3 Å². The molecule has 0 radical (unpaired) electrons. The number of nitrogens with zero attached hydrogens (tertiary/aromatic N) is 3. The zero-order chi connectivity index (χ0) is 10.7. The molecule has 0 amide bonds. The lowest BCUT2D eigenvalue weighted by atomic mass is 10.2. The standard InChI is InChI=1S/C11H9N3S/c1-8-3-2-6-13-10(8)11-14-9(4-5-12)7-15-11/h2-3,6-7H,4H2,1H3. The lowest BCUT2D eigenvalue weighted by molar-refractivity contribution is 1.14.